The van der Waals surface area contributed by atoms with Crippen LogP contribution >= 0.6 is 15.9 Å². The van der Waals surface area contributed by atoms with Crippen molar-refractivity contribution in [3.05, 3.63) is 65.7 Å². The van der Waals surface area contributed by atoms with Gasteiger partial charge in [-0.3, -0.25) is 4.79 Å². The zero-order valence-corrected chi connectivity index (χ0v) is 25.7. The Morgan fingerprint density at radius 2 is 1.67 bits per heavy atom. The Bertz CT molecular complexity index is 1270. The van der Waals surface area contributed by atoms with Gasteiger partial charge in [0, 0.05) is 0 Å². The number of aliphatic hydroxyl groups excluding tert-OH is 1. The van der Waals surface area contributed by atoms with Gasteiger partial charge in [0.05, 0.1) is 13.2 Å². The molecule has 4 N–H and O–H groups in total. The predicted molar refractivity (Wildman–Crippen MR) is 158 cm³/mol. The molecule has 0 saturated heterocycles. The second kappa shape index (κ2) is 19.6. The molecule has 2 rings (SSSR count). The van der Waals surface area contributed by atoms with E-state index in [9.17, 15) is 28.5 Å². The van der Waals surface area contributed by atoms with Crippen molar-refractivity contribution in [3.63, 3.8) is 0 Å². The van der Waals surface area contributed by atoms with Crippen molar-refractivity contribution in [1.29, 1.82) is 0 Å². The summed E-state index contributed by atoms with van der Waals surface area (Å²) in [5.41, 5.74) is 1.22. The molecular formula is C28H36FN3O9P2. The van der Waals surface area contributed by atoms with Gasteiger partial charge in [-0.25, -0.2) is 4.79 Å². The molecule has 2 amide bonds. The maximum absolute atomic E-state index is 13.4. The predicted octanol–water partition coefficient (Wildman–Crippen LogP) is 3.46. The first kappa shape index (κ1) is 35.7. The number of benzene rings is 2. The molecule has 0 spiro atoms. The Hall–Kier alpha value is -3.50. The molecule has 12 nitrogen and oxygen atoms in total. The van der Waals surface area contributed by atoms with Gasteiger partial charge >= 0.3 is 176 Å². The molecule has 15 heteroatoms. The van der Waals surface area contributed by atoms with E-state index in [1.54, 1.807) is 48.5 Å². The summed E-state index contributed by atoms with van der Waals surface area (Å²) < 4.78 is 34.2. The minimum absolute atomic E-state index is 0.0495. The van der Waals surface area contributed by atoms with Crippen LogP contribution in [0.5, 0.6) is 5.75 Å². The number of hydrogen-bond acceptors (Lipinski definition) is 10. The van der Waals surface area contributed by atoms with Crippen molar-refractivity contribution in [2.75, 3.05) is 26.9 Å². The number of amides is 2. The fourth-order valence-corrected chi connectivity index (χ4v) is 4.10. The van der Waals surface area contributed by atoms with Crippen molar-refractivity contribution in [1.82, 2.24) is 16.0 Å². The van der Waals surface area contributed by atoms with E-state index in [0.717, 1.165) is 12.0 Å². The van der Waals surface area contributed by atoms with Crippen LogP contribution in [0.15, 0.2) is 54.6 Å². The minimum atomic E-state index is -2.83. The molecule has 234 valence electrons. The zero-order valence-electron chi connectivity index (χ0n) is 23.9. The molecule has 4 atom stereocenters. The molecule has 0 aliphatic rings. The number of ether oxygens (including phenoxy) is 3. The molecule has 0 heterocycles. The van der Waals surface area contributed by atoms with Crippen LogP contribution in [0.2, 0.25) is 0 Å². The van der Waals surface area contributed by atoms with E-state index < -0.39 is 56.2 Å². The van der Waals surface area contributed by atoms with Gasteiger partial charge in [-0.05, 0) is 13.5 Å². The van der Waals surface area contributed by atoms with Crippen molar-refractivity contribution in [2.45, 2.75) is 50.9 Å². The van der Waals surface area contributed by atoms with Gasteiger partial charge in [0.15, 0.2) is 0 Å². The quantitative estimate of drug-likeness (QED) is 0.115. The molecule has 0 fully saturated rings. The summed E-state index contributed by atoms with van der Waals surface area (Å²) in [5, 5.41) is 16.9. The molecule has 0 saturated carbocycles. The fraction of sp³-hybridized carbons (Fsp3) is 0.429. The molecule has 0 radical (unpaired) electrons. The summed E-state index contributed by atoms with van der Waals surface area (Å²) in [6.07, 6.45) is 0.408. The second-order valence-electron chi connectivity index (χ2n) is 9.16. The first-order valence-corrected chi connectivity index (χ1v) is 15.8. The van der Waals surface area contributed by atoms with Crippen molar-refractivity contribution in [3.8, 4) is 5.75 Å². The molecule has 2 aromatic carbocycles. The number of aliphatic hydroxyl groups is 1. The van der Waals surface area contributed by atoms with E-state index in [0.29, 0.717) is 12.0 Å². The molecular weight excluding hydrogens is 603 g/mol. The third-order valence-corrected chi connectivity index (χ3v) is 6.48. The first-order valence-electron chi connectivity index (χ1n) is 13.5. The smallest absolute Gasteiger partial charge is 0.394 e. The van der Waals surface area contributed by atoms with Gasteiger partial charge in [-0.2, -0.15) is 0 Å². The Labute approximate surface area is 252 Å². The van der Waals surface area contributed by atoms with Crippen LogP contribution in [0.3, 0.4) is 0 Å². The third kappa shape index (κ3) is 13.6. The molecule has 0 aromatic heterocycles. The SMILES string of the molecule is CCCCOC(=O)[C@H](COc1cccc(C[C@H](NC(=O)OCc2ccccc2)C(=O)OP(F)#P)c1)NC(=O)[C@H](CO)NC. The van der Waals surface area contributed by atoms with Gasteiger partial charge in [0.1, 0.15) is 6.04 Å². The van der Waals surface area contributed by atoms with E-state index in [1.807, 2.05) is 13.0 Å². The third-order valence-electron chi connectivity index (χ3n) is 5.90. The van der Waals surface area contributed by atoms with Gasteiger partial charge < -0.3 is 15.2 Å². The number of halogens is 1. The average molecular weight is 640 g/mol. The van der Waals surface area contributed by atoms with Crippen LogP contribution in [-0.4, -0.2) is 74.0 Å². The number of nitrogens with one attached hydrogen (secondary N) is 3. The van der Waals surface area contributed by atoms with E-state index in [1.165, 1.54) is 7.05 Å². The van der Waals surface area contributed by atoms with Crippen LogP contribution in [0, 0.1) is 0 Å². The van der Waals surface area contributed by atoms with Crippen molar-refractivity contribution < 1.29 is 47.2 Å². The molecule has 43 heavy (non-hydrogen) atoms. The minimum Gasteiger partial charge on any atom is -0.394 e. The van der Waals surface area contributed by atoms with E-state index in [-0.39, 0.29) is 32.0 Å². The summed E-state index contributed by atoms with van der Waals surface area (Å²) in [4.78, 5) is 50.1. The number of carbonyl (C=O) groups is 4. The summed E-state index contributed by atoms with van der Waals surface area (Å²) in [6, 6.07) is 11.8. The zero-order chi connectivity index (χ0) is 31.6. The van der Waals surface area contributed by atoms with Crippen LogP contribution in [-0.2, 0) is 41.4 Å². The standard InChI is InChI=1S/C28H36FN3O9P2/c1-3-4-13-38-26(35)24(31-25(34)23(16-33)30-2)18-39-21-12-8-11-20(14-21)15-22(27(36)41-43(29)42)32-28(37)40-17-19-9-6-5-7-10-19/h5-12,14,22-24,30,33H,3-4,13,15-18H2,1-2H3,(H,31,34)(H,32,37)/t22-,23-,24-/m0/s1. The molecule has 2 aromatic rings. The maximum atomic E-state index is 13.4. The second-order valence-corrected chi connectivity index (χ2v) is 10.7. The normalized spacial score (nSPS) is 13.0. The summed E-state index contributed by atoms with van der Waals surface area (Å²) in [5.74, 6) is -2.11. The average Bonchev–Trinajstić information content (AvgIpc) is 2.99. The summed E-state index contributed by atoms with van der Waals surface area (Å²) >= 11 is 0. The first-order chi connectivity index (χ1) is 20.7. The molecule has 0 aliphatic heterocycles. The molecule has 0 bridgehead atoms. The van der Waals surface area contributed by atoms with E-state index in [2.05, 4.69) is 28.8 Å². The van der Waals surface area contributed by atoms with E-state index >= 15 is 0 Å². The Balaban J connectivity index is 2.11. The summed E-state index contributed by atoms with van der Waals surface area (Å²) in [7, 11) is 2.15. The van der Waals surface area contributed by atoms with Gasteiger partial charge in [-0.1, -0.05) is 13.3 Å². The van der Waals surface area contributed by atoms with Crippen LogP contribution in [0.4, 0.5) is 8.99 Å². The Morgan fingerprint density at radius 3 is 2.33 bits per heavy atom. The van der Waals surface area contributed by atoms with Crippen molar-refractivity contribution in [2.24, 2.45) is 0 Å². The Morgan fingerprint density at radius 1 is 0.953 bits per heavy atom. The number of hydrogen-bond donors (Lipinski definition) is 4. The topological polar surface area (TPSA) is 162 Å². The van der Waals surface area contributed by atoms with Crippen LogP contribution < -0.4 is 20.7 Å². The number of esters is 1. The number of unbranched alkanes of at least 4 members (excludes halogenated alkanes) is 1. The van der Waals surface area contributed by atoms with Gasteiger partial charge in [0.25, 0.3) is 0 Å². The van der Waals surface area contributed by atoms with Gasteiger partial charge in [-0.15, -0.1) is 0 Å². The number of rotatable bonds is 17. The monoisotopic (exact) mass is 639 g/mol. The fourth-order valence-electron chi connectivity index (χ4n) is 3.58. The summed E-state index contributed by atoms with van der Waals surface area (Å²) in [6.45, 7) is 1.26. The van der Waals surface area contributed by atoms with Gasteiger partial charge in [0.2, 0.25) is 5.91 Å². The van der Waals surface area contributed by atoms with Crippen LogP contribution in [0.25, 0.3) is 0 Å². The van der Waals surface area contributed by atoms with Crippen molar-refractivity contribution >= 4 is 39.8 Å². The van der Waals surface area contributed by atoms with E-state index in [4.69, 9.17) is 14.2 Å². The molecule has 0 aliphatic carbocycles. The van der Waals surface area contributed by atoms with Crippen LogP contribution in [0.1, 0.15) is 30.9 Å². The Kier molecular flexibility index (Phi) is 16.3. The number of likely N-dealkylation sites (N-methyl/N-ethyl adjacent to an activating group) is 1. The molecule has 1 unspecified atom stereocenters. The number of carbonyl (C=O) groups excluding carboxylic acids is 4. The number of alkyl carbamates (subject to hydrolysis) is 1.